The van der Waals surface area contributed by atoms with Crippen LogP contribution in [0, 0.1) is 0 Å². The third-order valence-corrected chi connectivity index (χ3v) is 5.37. The second-order valence-electron chi connectivity index (χ2n) is 7.35. The van der Waals surface area contributed by atoms with E-state index in [-0.39, 0.29) is 12.3 Å². The van der Waals surface area contributed by atoms with E-state index in [0.717, 1.165) is 0 Å². The molecule has 5 rings (SSSR count). The van der Waals surface area contributed by atoms with Crippen molar-refractivity contribution in [1.82, 2.24) is 9.55 Å². The van der Waals surface area contributed by atoms with Crippen molar-refractivity contribution in [2.24, 2.45) is 4.99 Å². The van der Waals surface area contributed by atoms with Gasteiger partial charge in [0.15, 0.2) is 17.9 Å². The SMILES string of the molecule is CC(=O)OCC1OC(n2cc3c(N)cc(=O)nc4c3c2N=CN4)C2(C)OC(=O)OC12. The van der Waals surface area contributed by atoms with Crippen molar-refractivity contribution in [2.45, 2.75) is 37.9 Å². The fraction of sp³-hybridized carbons (Fsp3) is 0.389. The Hall–Kier alpha value is -3.67. The second-order valence-corrected chi connectivity index (χ2v) is 7.35. The largest absolute Gasteiger partial charge is 0.509 e. The molecule has 12 heteroatoms. The van der Waals surface area contributed by atoms with Gasteiger partial charge in [0.05, 0.1) is 11.7 Å². The molecule has 5 heterocycles. The van der Waals surface area contributed by atoms with Crippen LogP contribution in [0.2, 0.25) is 0 Å². The maximum Gasteiger partial charge on any atom is 0.509 e. The molecule has 0 amide bonds. The Labute approximate surface area is 168 Å². The Morgan fingerprint density at radius 3 is 3.00 bits per heavy atom. The average Bonchev–Trinajstić information content (AvgIpc) is 3.24. The topological polar surface area (TPSA) is 156 Å². The van der Waals surface area contributed by atoms with Crippen LogP contribution in [0.25, 0.3) is 10.8 Å². The Balaban J connectivity index is 1.66. The van der Waals surface area contributed by atoms with Gasteiger partial charge in [0.2, 0.25) is 0 Å². The molecule has 2 saturated heterocycles. The van der Waals surface area contributed by atoms with E-state index in [1.807, 2.05) is 0 Å². The number of nitrogens with one attached hydrogen (secondary N) is 1. The molecule has 156 valence electrons. The van der Waals surface area contributed by atoms with Crippen LogP contribution in [0.15, 0.2) is 22.1 Å². The number of esters is 1. The van der Waals surface area contributed by atoms with Crippen LogP contribution in [-0.4, -0.2) is 52.4 Å². The number of carbonyl (C=O) groups is 2. The molecule has 0 saturated carbocycles. The molecule has 0 aromatic carbocycles. The number of hydrogen-bond acceptors (Lipinski definition) is 11. The minimum atomic E-state index is -1.22. The number of aromatic nitrogens is 2. The van der Waals surface area contributed by atoms with Crippen LogP contribution in [0.5, 0.6) is 0 Å². The summed E-state index contributed by atoms with van der Waals surface area (Å²) in [5.41, 5.74) is 4.59. The summed E-state index contributed by atoms with van der Waals surface area (Å²) >= 11 is 0. The standard InChI is InChI=1S/C18H17N5O7/c1-7(24)27-5-10-13-18(2,30-17(26)29-13)16(28-10)23-4-8-9(19)3-11(25)22-14-12(8)15(23)21-6-20-14/h3-4,6,10,13,16H,5,19H2,1-2H3,(H,20,21,22,25). The lowest BCUT2D eigenvalue weighted by Gasteiger charge is -2.27. The number of anilines is 2. The predicted octanol–water partition coefficient (Wildman–Crippen LogP) is 0.819. The van der Waals surface area contributed by atoms with E-state index in [4.69, 9.17) is 24.7 Å². The molecule has 4 unspecified atom stereocenters. The molecule has 2 aromatic heterocycles. The molecule has 2 aromatic rings. The van der Waals surface area contributed by atoms with Gasteiger partial charge in [-0.25, -0.2) is 9.79 Å². The summed E-state index contributed by atoms with van der Waals surface area (Å²) in [6, 6.07) is 1.22. The van der Waals surface area contributed by atoms with Gasteiger partial charge in [0, 0.05) is 30.3 Å². The highest BCUT2D eigenvalue weighted by Gasteiger charge is 2.64. The van der Waals surface area contributed by atoms with Gasteiger partial charge in [-0.3, -0.25) is 9.59 Å². The summed E-state index contributed by atoms with van der Waals surface area (Å²) in [7, 11) is 0. The zero-order chi connectivity index (χ0) is 21.2. The van der Waals surface area contributed by atoms with E-state index in [0.29, 0.717) is 22.4 Å². The van der Waals surface area contributed by atoms with Crippen LogP contribution in [0.3, 0.4) is 0 Å². The highest BCUT2D eigenvalue weighted by molar-refractivity contribution is 6.10. The van der Waals surface area contributed by atoms with Crippen LogP contribution in [-0.2, 0) is 23.7 Å². The summed E-state index contributed by atoms with van der Waals surface area (Å²) in [5.74, 6) is 0.219. The summed E-state index contributed by atoms with van der Waals surface area (Å²) < 4.78 is 23.6. The zero-order valence-corrected chi connectivity index (χ0v) is 15.9. The van der Waals surface area contributed by atoms with E-state index in [2.05, 4.69) is 15.3 Å². The van der Waals surface area contributed by atoms with Gasteiger partial charge in [0.25, 0.3) is 5.56 Å². The second kappa shape index (κ2) is 6.16. The van der Waals surface area contributed by atoms with Crippen LogP contribution < -0.4 is 16.6 Å². The van der Waals surface area contributed by atoms with Crippen LogP contribution >= 0.6 is 0 Å². The summed E-state index contributed by atoms with van der Waals surface area (Å²) in [6.07, 6.45) is -0.226. The number of fused-ring (bicyclic) bond motifs is 1. The number of nitrogens with zero attached hydrogens (tertiary/aromatic N) is 3. The van der Waals surface area contributed by atoms with Crippen molar-refractivity contribution in [3.8, 4) is 0 Å². The maximum atomic E-state index is 11.9. The lowest BCUT2D eigenvalue weighted by atomic mass is 9.96. The molecule has 3 aliphatic rings. The van der Waals surface area contributed by atoms with Crippen LogP contribution in [0.4, 0.5) is 22.1 Å². The number of hydrogen-bond donors (Lipinski definition) is 2. The first kappa shape index (κ1) is 18.4. The van der Waals surface area contributed by atoms with Gasteiger partial charge in [-0.05, 0) is 6.92 Å². The van der Waals surface area contributed by atoms with Gasteiger partial charge >= 0.3 is 12.1 Å². The summed E-state index contributed by atoms with van der Waals surface area (Å²) in [4.78, 5) is 43.5. The van der Waals surface area contributed by atoms with Crippen molar-refractivity contribution in [1.29, 1.82) is 0 Å². The van der Waals surface area contributed by atoms with Gasteiger partial charge < -0.3 is 34.6 Å². The zero-order valence-electron chi connectivity index (χ0n) is 15.9. The van der Waals surface area contributed by atoms with E-state index in [1.54, 1.807) is 17.7 Å². The fourth-order valence-corrected chi connectivity index (χ4v) is 4.10. The lowest BCUT2D eigenvalue weighted by molar-refractivity contribution is -0.148. The molecular weight excluding hydrogens is 398 g/mol. The molecule has 30 heavy (non-hydrogen) atoms. The van der Waals surface area contributed by atoms with E-state index in [9.17, 15) is 14.4 Å². The normalized spacial score (nSPS) is 28.6. The van der Waals surface area contributed by atoms with Crippen molar-refractivity contribution < 1.29 is 28.5 Å². The number of nitrogen functional groups attached to an aromatic ring is 1. The number of carbonyl (C=O) groups excluding carboxylic acids is 2. The molecule has 12 nitrogen and oxygen atoms in total. The van der Waals surface area contributed by atoms with Gasteiger partial charge in [-0.15, -0.1) is 0 Å². The highest BCUT2D eigenvalue weighted by atomic mass is 16.8. The van der Waals surface area contributed by atoms with Gasteiger partial charge in [-0.1, -0.05) is 0 Å². The molecule has 3 aliphatic heterocycles. The minimum Gasteiger partial charge on any atom is -0.463 e. The third-order valence-electron chi connectivity index (χ3n) is 5.37. The van der Waals surface area contributed by atoms with Crippen molar-refractivity contribution in [2.75, 3.05) is 17.7 Å². The Kier molecular flexibility index (Phi) is 3.77. The predicted molar refractivity (Wildman–Crippen MR) is 102 cm³/mol. The Morgan fingerprint density at radius 1 is 1.43 bits per heavy atom. The monoisotopic (exact) mass is 415 g/mol. The fourth-order valence-electron chi connectivity index (χ4n) is 4.10. The Bertz CT molecular complexity index is 1190. The molecule has 0 aliphatic carbocycles. The first-order valence-corrected chi connectivity index (χ1v) is 9.11. The smallest absolute Gasteiger partial charge is 0.463 e. The molecule has 0 radical (unpaired) electrons. The lowest BCUT2D eigenvalue weighted by Crippen LogP contribution is -2.42. The molecular formula is C18H17N5O7. The number of rotatable bonds is 3. The molecule has 2 fully saturated rings. The quantitative estimate of drug-likeness (QED) is 0.688. The summed E-state index contributed by atoms with van der Waals surface area (Å²) in [6.45, 7) is 2.82. The summed E-state index contributed by atoms with van der Waals surface area (Å²) in [5, 5.41) is 3.89. The van der Waals surface area contributed by atoms with Crippen molar-refractivity contribution in [3.05, 3.63) is 22.6 Å². The Morgan fingerprint density at radius 2 is 2.23 bits per heavy atom. The number of nitrogens with two attached hydrogens (primary N) is 1. The van der Waals surface area contributed by atoms with Crippen molar-refractivity contribution >= 4 is 46.6 Å². The first-order chi connectivity index (χ1) is 14.3. The van der Waals surface area contributed by atoms with E-state index in [1.165, 1.54) is 19.3 Å². The maximum absolute atomic E-state index is 11.9. The van der Waals surface area contributed by atoms with E-state index >= 15 is 0 Å². The van der Waals surface area contributed by atoms with Crippen LogP contribution in [0.1, 0.15) is 20.1 Å². The highest BCUT2D eigenvalue weighted by Crippen LogP contribution is 2.50. The molecule has 0 spiro atoms. The molecule has 4 atom stereocenters. The van der Waals surface area contributed by atoms with E-state index < -0.39 is 41.7 Å². The average molecular weight is 415 g/mol. The number of aliphatic imine (C=N–C) groups is 1. The van der Waals surface area contributed by atoms with Gasteiger partial charge in [0.1, 0.15) is 24.3 Å². The van der Waals surface area contributed by atoms with Gasteiger partial charge in [-0.2, -0.15) is 4.98 Å². The molecule has 0 bridgehead atoms. The third kappa shape index (κ3) is 2.53. The number of ether oxygens (including phenoxy) is 4. The molecule has 3 N–H and O–H groups in total. The minimum absolute atomic E-state index is 0.118. The first-order valence-electron chi connectivity index (χ1n) is 9.11. The van der Waals surface area contributed by atoms with Crippen molar-refractivity contribution in [3.63, 3.8) is 0 Å².